The Morgan fingerprint density at radius 1 is 1.27 bits per heavy atom. The molecule has 0 radical (unpaired) electrons. The fraction of sp³-hybridized carbons (Fsp3) is 0.0909. The Hall–Kier alpha value is -2.10. The molecular weight excluding hydrogens is 194 g/mol. The molecule has 0 fully saturated rings. The van der Waals surface area contributed by atoms with Crippen molar-refractivity contribution in [2.45, 2.75) is 6.92 Å². The van der Waals surface area contributed by atoms with E-state index in [0.29, 0.717) is 11.1 Å². The van der Waals surface area contributed by atoms with Gasteiger partial charge in [-0.3, -0.25) is 4.79 Å². The van der Waals surface area contributed by atoms with E-state index in [1.165, 1.54) is 6.92 Å². The zero-order chi connectivity index (χ0) is 11.0. The van der Waals surface area contributed by atoms with Crippen molar-refractivity contribution in [3.8, 4) is 0 Å². The van der Waals surface area contributed by atoms with Gasteiger partial charge in [0.2, 0.25) is 0 Å². The lowest BCUT2D eigenvalue weighted by Gasteiger charge is -1.94. The van der Waals surface area contributed by atoms with Crippen LogP contribution in [0.15, 0.2) is 24.3 Å². The minimum absolute atomic E-state index is 0.0385. The molecule has 1 aromatic carbocycles. The minimum atomic E-state index is -1.00. The predicted octanol–water partition coefficient (Wildman–Crippen LogP) is 2.07. The third-order valence-electron chi connectivity index (χ3n) is 2.26. The van der Waals surface area contributed by atoms with Gasteiger partial charge in [-0.15, -0.1) is 0 Å². The first-order valence-corrected chi connectivity index (χ1v) is 4.45. The Balaban J connectivity index is 2.62. The van der Waals surface area contributed by atoms with Gasteiger partial charge in [-0.25, -0.2) is 4.79 Å². The van der Waals surface area contributed by atoms with Crippen LogP contribution in [0.4, 0.5) is 0 Å². The SMILES string of the molecule is CC(=O)c1ccc2cc(C(=O)O)[nH]c2c1. The molecule has 2 N–H and O–H groups in total. The molecule has 0 saturated carbocycles. The highest BCUT2D eigenvalue weighted by Gasteiger charge is 2.08. The molecule has 0 atom stereocenters. The van der Waals surface area contributed by atoms with Crippen molar-refractivity contribution in [2.75, 3.05) is 0 Å². The van der Waals surface area contributed by atoms with Crippen LogP contribution in [0.5, 0.6) is 0 Å². The zero-order valence-electron chi connectivity index (χ0n) is 8.07. The van der Waals surface area contributed by atoms with Crippen LogP contribution in [0.3, 0.4) is 0 Å². The van der Waals surface area contributed by atoms with Crippen LogP contribution in [0, 0.1) is 0 Å². The van der Waals surface area contributed by atoms with E-state index >= 15 is 0 Å². The van der Waals surface area contributed by atoms with Gasteiger partial charge in [-0.2, -0.15) is 0 Å². The Bertz CT molecular complexity index is 542. The predicted molar refractivity (Wildman–Crippen MR) is 55.3 cm³/mol. The highest BCUT2D eigenvalue weighted by Crippen LogP contribution is 2.17. The van der Waals surface area contributed by atoms with Crippen LogP contribution in [-0.2, 0) is 0 Å². The van der Waals surface area contributed by atoms with Crippen molar-refractivity contribution >= 4 is 22.7 Å². The number of hydrogen-bond acceptors (Lipinski definition) is 2. The lowest BCUT2D eigenvalue weighted by molar-refractivity contribution is 0.0691. The van der Waals surface area contributed by atoms with E-state index in [-0.39, 0.29) is 11.5 Å². The summed E-state index contributed by atoms with van der Waals surface area (Å²) < 4.78 is 0. The normalized spacial score (nSPS) is 10.5. The van der Waals surface area contributed by atoms with E-state index in [4.69, 9.17) is 5.11 Å². The molecule has 2 aromatic rings. The average molecular weight is 203 g/mol. The van der Waals surface area contributed by atoms with Gasteiger partial charge in [-0.1, -0.05) is 12.1 Å². The van der Waals surface area contributed by atoms with E-state index in [9.17, 15) is 9.59 Å². The van der Waals surface area contributed by atoms with E-state index in [1.54, 1.807) is 24.3 Å². The molecular formula is C11H9NO3. The summed E-state index contributed by atoms with van der Waals surface area (Å²) in [6.45, 7) is 1.47. The first-order valence-electron chi connectivity index (χ1n) is 4.45. The Morgan fingerprint density at radius 2 is 2.00 bits per heavy atom. The number of aromatic nitrogens is 1. The largest absolute Gasteiger partial charge is 0.477 e. The fourth-order valence-corrected chi connectivity index (χ4v) is 1.46. The monoisotopic (exact) mass is 203 g/mol. The van der Waals surface area contributed by atoms with Gasteiger partial charge in [0.05, 0.1) is 0 Å². The van der Waals surface area contributed by atoms with Gasteiger partial charge < -0.3 is 10.1 Å². The molecule has 0 aliphatic carbocycles. The highest BCUT2D eigenvalue weighted by molar-refractivity contribution is 5.99. The topological polar surface area (TPSA) is 70.2 Å². The van der Waals surface area contributed by atoms with Gasteiger partial charge in [-0.05, 0) is 19.1 Å². The van der Waals surface area contributed by atoms with E-state index in [0.717, 1.165) is 5.39 Å². The number of Topliss-reactive ketones (excluding diaryl/α,β-unsaturated/α-hetero) is 1. The highest BCUT2D eigenvalue weighted by atomic mass is 16.4. The molecule has 2 rings (SSSR count). The number of carboxylic acid groups (broad SMARTS) is 1. The molecule has 0 saturated heterocycles. The standard InChI is InChI=1S/C11H9NO3/c1-6(13)7-2-3-8-5-10(11(14)15)12-9(8)4-7/h2-5,12H,1H3,(H,14,15). The maximum absolute atomic E-state index is 11.1. The van der Waals surface area contributed by atoms with Gasteiger partial charge >= 0.3 is 5.97 Å². The number of carbonyl (C=O) groups excluding carboxylic acids is 1. The number of benzene rings is 1. The molecule has 4 heteroatoms. The number of ketones is 1. The summed E-state index contributed by atoms with van der Waals surface area (Å²) in [7, 11) is 0. The second kappa shape index (κ2) is 3.24. The summed E-state index contributed by atoms with van der Waals surface area (Å²) in [5.41, 5.74) is 1.37. The average Bonchev–Trinajstić information content (AvgIpc) is 2.59. The van der Waals surface area contributed by atoms with Crippen LogP contribution >= 0.6 is 0 Å². The van der Waals surface area contributed by atoms with Crippen molar-refractivity contribution in [1.82, 2.24) is 4.98 Å². The Morgan fingerprint density at radius 3 is 2.60 bits per heavy atom. The molecule has 0 amide bonds. The number of rotatable bonds is 2. The molecule has 0 aliphatic heterocycles. The molecule has 1 heterocycles. The third-order valence-corrected chi connectivity index (χ3v) is 2.26. The maximum atomic E-state index is 11.1. The van der Waals surface area contributed by atoms with Crippen molar-refractivity contribution in [2.24, 2.45) is 0 Å². The minimum Gasteiger partial charge on any atom is -0.477 e. The van der Waals surface area contributed by atoms with Crippen LogP contribution in [0.2, 0.25) is 0 Å². The second-order valence-corrected chi connectivity index (χ2v) is 3.35. The van der Waals surface area contributed by atoms with Crippen molar-refractivity contribution in [1.29, 1.82) is 0 Å². The summed E-state index contributed by atoms with van der Waals surface area (Å²) in [6, 6.07) is 6.62. The third kappa shape index (κ3) is 1.61. The molecule has 4 nitrogen and oxygen atoms in total. The number of H-pyrrole nitrogens is 1. The Labute approximate surface area is 85.5 Å². The first kappa shape index (κ1) is 9.45. The van der Waals surface area contributed by atoms with Gasteiger partial charge in [0.15, 0.2) is 5.78 Å². The lowest BCUT2D eigenvalue weighted by Crippen LogP contribution is -1.95. The quantitative estimate of drug-likeness (QED) is 0.734. The molecule has 76 valence electrons. The fourth-order valence-electron chi connectivity index (χ4n) is 1.46. The molecule has 0 bridgehead atoms. The van der Waals surface area contributed by atoms with E-state index in [1.807, 2.05) is 0 Å². The molecule has 1 aromatic heterocycles. The van der Waals surface area contributed by atoms with Gasteiger partial charge in [0.1, 0.15) is 5.69 Å². The number of hydrogen-bond donors (Lipinski definition) is 2. The summed E-state index contributed by atoms with van der Waals surface area (Å²) in [5, 5.41) is 9.56. The van der Waals surface area contributed by atoms with Gasteiger partial charge in [0, 0.05) is 16.5 Å². The molecule has 0 aliphatic rings. The van der Waals surface area contributed by atoms with Crippen LogP contribution < -0.4 is 0 Å². The van der Waals surface area contributed by atoms with E-state index < -0.39 is 5.97 Å². The summed E-state index contributed by atoms with van der Waals surface area (Å²) in [6.07, 6.45) is 0. The number of aromatic amines is 1. The number of nitrogens with one attached hydrogen (secondary N) is 1. The van der Waals surface area contributed by atoms with Crippen LogP contribution in [-0.4, -0.2) is 21.8 Å². The molecule has 15 heavy (non-hydrogen) atoms. The summed E-state index contributed by atoms with van der Waals surface area (Å²) in [5.74, 6) is -1.04. The number of carbonyl (C=O) groups is 2. The number of carboxylic acids is 1. The molecule has 0 unspecified atom stereocenters. The summed E-state index contributed by atoms with van der Waals surface area (Å²) >= 11 is 0. The van der Waals surface area contributed by atoms with E-state index in [2.05, 4.69) is 4.98 Å². The second-order valence-electron chi connectivity index (χ2n) is 3.35. The number of fused-ring (bicyclic) bond motifs is 1. The molecule has 0 spiro atoms. The van der Waals surface area contributed by atoms with Gasteiger partial charge in [0.25, 0.3) is 0 Å². The Kier molecular flexibility index (Phi) is 2.04. The number of aromatic carboxylic acids is 1. The summed E-state index contributed by atoms with van der Waals surface area (Å²) in [4.78, 5) is 24.5. The van der Waals surface area contributed by atoms with Crippen LogP contribution in [0.1, 0.15) is 27.8 Å². The van der Waals surface area contributed by atoms with Crippen molar-refractivity contribution in [3.05, 3.63) is 35.5 Å². The van der Waals surface area contributed by atoms with Crippen molar-refractivity contribution < 1.29 is 14.7 Å². The van der Waals surface area contributed by atoms with Crippen molar-refractivity contribution in [3.63, 3.8) is 0 Å². The first-order chi connectivity index (χ1) is 7.08. The lowest BCUT2D eigenvalue weighted by atomic mass is 10.1. The smallest absolute Gasteiger partial charge is 0.352 e. The maximum Gasteiger partial charge on any atom is 0.352 e. The zero-order valence-corrected chi connectivity index (χ0v) is 8.07. The van der Waals surface area contributed by atoms with Crippen LogP contribution in [0.25, 0.3) is 10.9 Å².